The molecule has 0 aromatic heterocycles. The van der Waals surface area contributed by atoms with Gasteiger partial charge in [-0.05, 0) is 30.5 Å². The number of aryl methyl sites for hydroxylation is 2. The van der Waals surface area contributed by atoms with Gasteiger partial charge in [0.2, 0.25) is 0 Å². The Kier molecular flexibility index (Phi) is 4.72. The van der Waals surface area contributed by atoms with Gasteiger partial charge < -0.3 is 11.1 Å². The van der Waals surface area contributed by atoms with Crippen molar-refractivity contribution in [1.29, 1.82) is 0 Å². The summed E-state index contributed by atoms with van der Waals surface area (Å²) < 4.78 is 0. The van der Waals surface area contributed by atoms with Crippen molar-refractivity contribution >= 4 is 0 Å². The lowest BCUT2D eigenvalue weighted by Gasteiger charge is -2.20. The van der Waals surface area contributed by atoms with Gasteiger partial charge in [-0.1, -0.05) is 54.1 Å². The normalized spacial score (nSPS) is 12.4. The average molecular weight is 254 g/mol. The van der Waals surface area contributed by atoms with Crippen LogP contribution in [0.15, 0.2) is 48.5 Å². The molecule has 3 N–H and O–H groups in total. The van der Waals surface area contributed by atoms with Crippen LogP contribution in [0.25, 0.3) is 0 Å². The van der Waals surface area contributed by atoms with Gasteiger partial charge in [-0.15, -0.1) is 0 Å². The molecule has 0 saturated heterocycles. The van der Waals surface area contributed by atoms with Crippen LogP contribution in [0.5, 0.6) is 0 Å². The molecule has 0 bridgehead atoms. The Morgan fingerprint density at radius 1 is 1.05 bits per heavy atom. The van der Waals surface area contributed by atoms with Crippen LogP contribution >= 0.6 is 0 Å². The summed E-state index contributed by atoms with van der Waals surface area (Å²) in [6, 6.07) is 17.2. The third-order valence-electron chi connectivity index (χ3n) is 3.43. The molecule has 19 heavy (non-hydrogen) atoms. The van der Waals surface area contributed by atoms with E-state index in [-0.39, 0.29) is 6.04 Å². The fraction of sp³-hybridized carbons (Fsp3) is 0.294. The van der Waals surface area contributed by atoms with E-state index < -0.39 is 0 Å². The van der Waals surface area contributed by atoms with Crippen LogP contribution in [-0.2, 0) is 6.54 Å². The van der Waals surface area contributed by atoms with Crippen molar-refractivity contribution in [2.24, 2.45) is 5.73 Å². The standard InChI is InChI=1S/C17H22N2/c1-13-8-9-16(14(2)10-13)17(11-18)19-12-15-6-4-3-5-7-15/h3-10,17,19H,11-12,18H2,1-2H3. The molecule has 0 heterocycles. The third-order valence-corrected chi connectivity index (χ3v) is 3.43. The molecular weight excluding hydrogens is 232 g/mol. The number of hydrogen-bond donors (Lipinski definition) is 2. The number of rotatable bonds is 5. The number of nitrogens with two attached hydrogens (primary N) is 1. The predicted molar refractivity (Wildman–Crippen MR) is 81.0 cm³/mol. The Bertz CT molecular complexity index is 520. The van der Waals surface area contributed by atoms with E-state index in [4.69, 9.17) is 5.73 Å². The largest absolute Gasteiger partial charge is 0.329 e. The van der Waals surface area contributed by atoms with Gasteiger partial charge in [0.1, 0.15) is 0 Å². The van der Waals surface area contributed by atoms with Crippen LogP contribution < -0.4 is 11.1 Å². The second-order valence-electron chi connectivity index (χ2n) is 5.01. The SMILES string of the molecule is Cc1ccc(C(CN)NCc2ccccc2)c(C)c1. The van der Waals surface area contributed by atoms with Crippen molar-refractivity contribution in [3.63, 3.8) is 0 Å². The van der Waals surface area contributed by atoms with E-state index in [1.54, 1.807) is 0 Å². The van der Waals surface area contributed by atoms with Gasteiger partial charge in [0.25, 0.3) is 0 Å². The first-order valence-electron chi connectivity index (χ1n) is 6.75. The first kappa shape index (κ1) is 13.8. The summed E-state index contributed by atoms with van der Waals surface area (Å²) in [5.74, 6) is 0. The van der Waals surface area contributed by atoms with Crippen LogP contribution in [0.3, 0.4) is 0 Å². The zero-order valence-corrected chi connectivity index (χ0v) is 11.7. The maximum absolute atomic E-state index is 5.91. The van der Waals surface area contributed by atoms with E-state index in [1.165, 1.54) is 22.3 Å². The lowest BCUT2D eigenvalue weighted by atomic mass is 9.99. The maximum Gasteiger partial charge on any atom is 0.0449 e. The summed E-state index contributed by atoms with van der Waals surface area (Å²) in [6.07, 6.45) is 0. The Balaban J connectivity index is 2.08. The predicted octanol–water partition coefficient (Wildman–Crippen LogP) is 3.09. The highest BCUT2D eigenvalue weighted by Crippen LogP contribution is 2.18. The molecule has 0 spiro atoms. The van der Waals surface area contributed by atoms with E-state index in [9.17, 15) is 0 Å². The first-order valence-corrected chi connectivity index (χ1v) is 6.75. The zero-order chi connectivity index (χ0) is 13.7. The summed E-state index contributed by atoms with van der Waals surface area (Å²) in [6.45, 7) is 5.72. The molecule has 0 aliphatic heterocycles. The highest BCUT2D eigenvalue weighted by molar-refractivity contribution is 5.33. The molecule has 0 radical (unpaired) electrons. The average Bonchev–Trinajstić information content (AvgIpc) is 2.42. The molecule has 0 amide bonds. The van der Waals surface area contributed by atoms with Gasteiger partial charge in [-0.2, -0.15) is 0 Å². The van der Waals surface area contributed by atoms with Crippen LogP contribution in [0.1, 0.15) is 28.3 Å². The second-order valence-corrected chi connectivity index (χ2v) is 5.01. The fourth-order valence-electron chi connectivity index (χ4n) is 2.37. The maximum atomic E-state index is 5.91. The van der Waals surface area contributed by atoms with Crippen molar-refractivity contribution in [2.45, 2.75) is 26.4 Å². The van der Waals surface area contributed by atoms with Gasteiger partial charge in [-0.3, -0.25) is 0 Å². The van der Waals surface area contributed by atoms with E-state index in [0.717, 1.165) is 6.54 Å². The van der Waals surface area contributed by atoms with Gasteiger partial charge in [-0.25, -0.2) is 0 Å². The smallest absolute Gasteiger partial charge is 0.0449 e. The van der Waals surface area contributed by atoms with E-state index in [0.29, 0.717) is 6.54 Å². The molecule has 2 aromatic rings. The van der Waals surface area contributed by atoms with E-state index in [2.05, 4.69) is 61.6 Å². The van der Waals surface area contributed by atoms with Crippen molar-refractivity contribution in [3.05, 3.63) is 70.8 Å². The first-order chi connectivity index (χ1) is 9.20. The summed E-state index contributed by atoms with van der Waals surface area (Å²) in [5.41, 5.74) is 11.1. The molecule has 100 valence electrons. The molecule has 1 unspecified atom stereocenters. The van der Waals surface area contributed by atoms with E-state index in [1.807, 2.05) is 6.07 Å². The topological polar surface area (TPSA) is 38.0 Å². The van der Waals surface area contributed by atoms with Crippen LogP contribution in [-0.4, -0.2) is 6.54 Å². The minimum absolute atomic E-state index is 0.209. The fourth-order valence-corrected chi connectivity index (χ4v) is 2.37. The molecule has 0 aliphatic carbocycles. The highest BCUT2D eigenvalue weighted by Gasteiger charge is 2.11. The Hall–Kier alpha value is -1.64. The molecule has 2 nitrogen and oxygen atoms in total. The molecule has 2 rings (SSSR count). The summed E-state index contributed by atoms with van der Waals surface area (Å²) in [5, 5.41) is 3.54. The van der Waals surface area contributed by atoms with Crippen molar-refractivity contribution in [1.82, 2.24) is 5.32 Å². The molecule has 1 atom stereocenters. The second kappa shape index (κ2) is 6.50. The minimum Gasteiger partial charge on any atom is -0.329 e. The van der Waals surface area contributed by atoms with Crippen molar-refractivity contribution in [3.8, 4) is 0 Å². The Morgan fingerprint density at radius 3 is 2.42 bits per heavy atom. The summed E-state index contributed by atoms with van der Waals surface area (Å²) in [4.78, 5) is 0. The minimum atomic E-state index is 0.209. The number of benzene rings is 2. The monoisotopic (exact) mass is 254 g/mol. The van der Waals surface area contributed by atoms with Crippen LogP contribution in [0, 0.1) is 13.8 Å². The molecular formula is C17H22N2. The molecule has 0 aliphatic rings. The lowest BCUT2D eigenvalue weighted by molar-refractivity contribution is 0.539. The quantitative estimate of drug-likeness (QED) is 0.860. The molecule has 0 saturated carbocycles. The lowest BCUT2D eigenvalue weighted by Crippen LogP contribution is -2.28. The van der Waals surface area contributed by atoms with E-state index >= 15 is 0 Å². The van der Waals surface area contributed by atoms with Gasteiger partial charge in [0.15, 0.2) is 0 Å². The third kappa shape index (κ3) is 3.66. The highest BCUT2D eigenvalue weighted by atomic mass is 14.9. The molecule has 2 heteroatoms. The van der Waals surface area contributed by atoms with Crippen LogP contribution in [0.2, 0.25) is 0 Å². The zero-order valence-electron chi connectivity index (χ0n) is 11.7. The van der Waals surface area contributed by atoms with Crippen molar-refractivity contribution in [2.75, 3.05) is 6.54 Å². The molecule has 0 fully saturated rings. The Labute approximate surface area is 115 Å². The summed E-state index contributed by atoms with van der Waals surface area (Å²) in [7, 11) is 0. The Morgan fingerprint density at radius 2 is 1.79 bits per heavy atom. The van der Waals surface area contributed by atoms with Crippen LogP contribution in [0.4, 0.5) is 0 Å². The van der Waals surface area contributed by atoms with Gasteiger partial charge in [0.05, 0.1) is 0 Å². The number of nitrogens with one attached hydrogen (secondary N) is 1. The van der Waals surface area contributed by atoms with Gasteiger partial charge >= 0.3 is 0 Å². The summed E-state index contributed by atoms with van der Waals surface area (Å²) >= 11 is 0. The molecule has 2 aromatic carbocycles. The van der Waals surface area contributed by atoms with Gasteiger partial charge in [0, 0.05) is 19.1 Å². The number of hydrogen-bond acceptors (Lipinski definition) is 2. The van der Waals surface area contributed by atoms with Crippen molar-refractivity contribution < 1.29 is 0 Å².